The predicted molar refractivity (Wildman–Crippen MR) is 435 cm³/mol. The van der Waals surface area contributed by atoms with Crippen LogP contribution in [0.5, 0.6) is 17.2 Å². The largest absolute Gasteiger partial charge is 0.493 e. The number of aliphatic carboxylic acids is 2. The number of benzene rings is 1. The number of methoxy groups -OCH3 is 3. The third-order valence-corrected chi connectivity index (χ3v) is 30.2. The first kappa shape index (κ1) is 104. The molecule has 45 heteroatoms. The molecule has 42 atom stereocenters. The second-order valence-corrected chi connectivity index (χ2v) is 39.2. The third kappa shape index (κ3) is 19.3. The van der Waals surface area contributed by atoms with E-state index in [4.69, 9.17) is 90.0 Å². The number of carboxylic acid groups (broad SMARTS) is 2. The van der Waals surface area contributed by atoms with Gasteiger partial charge in [-0.3, -0.25) is 19.2 Å². The van der Waals surface area contributed by atoms with Gasteiger partial charge in [-0.2, -0.15) is 0 Å². The molecule has 0 aromatic heterocycles. The van der Waals surface area contributed by atoms with E-state index in [-0.39, 0.29) is 74.2 Å². The van der Waals surface area contributed by atoms with Gasteiger partial charge in [-0.25, -0.2) is 4.79 Å². The molecule has 7 saturated heterocycles. The minimum Gasteiger partial charge on any atom is -0.493 e. The van der Waals surface area contributed by atoms with Crippen LogP contribution < -0.4 is 14.2 Å². The van der Waals surface area contributed by atoms with E-state index >= 15 is 4.79 Å². The monoisotopic (exact) mass is 1890 g/mol. The number of allylic oxidation sites excluding steroid dienone is 1. The van der Waals surface area contributed by atoms with Gasteiger partial charge in [0.1, 0.15) is 129 Å². The minimum atomic E-state index is -2.63. The number of ether oxygens (including phenoxy) is 19. The number of carboxylic acids is 2. The van der Waals surface area contributed by atoms with Crippen LogP contribution in [0.15, 0.2) is 29.9 Å². The maximum Gasteiger partial charge on any atom is 0.331 e. The van der Waals surface area contributed by atoms with Gasteiger partial charge in [0.25, 0.3) is 0 Å². The fourth-order valence-electron chi connectivity index (χ4n) is 22.9. The van der Waals surface area contributed by atoms with Crippen molar-refractivity contribution in [3.05, 3.63) is 35.4 Å². The van der Waals surface area contributed by atoms with Crippen molar-refractivity contribution in [2.24, 2.45) is 50.2 Å². The molecule has 0 spiro atoms. The van der Waals surface area contributed by atoms with Gasteiger partial charge in [0.05, 0.1) is 109 Å². The second-order valence-electron chi connectivity index (χ2n) is 39.2. The van der Waals surface area contributed by atoms with Gasteiger partial charge in [0, 0.05) is 11.5 Å². The summed E-state index contributed by atoms with van der Waals surface area (Å²) in [6.07, 6.45) is -58.7. The summed E-state index contributed by atoms with van der Waals surface area (Å²) in [7, 11) is 4.07. The Bertz CT molecular complexity index is 4220. The van der Waals surface area contributed by atoms with Gasteiger partial charge in [0.2, 0.25) is 12.0 Å². The van der Waals surface area contributed by atoms with E-state index in [0.29, 0.717) is 12.0 Å². The lowest BCUT2D eigenvalue weighted by Crippen LogP contribution is -2.71. The van der Waals surface area contributed by atoms with Crippen molar-refractivity contribution in [2.45, 2.75) is 334 Å². The number of esters is 3. The summed E-state index contributed by atoms with van der Waals surface area (Å²) in [5, 5.41) is 237. The second kappa shape index (κ2) is 40.2. The number of carbonyl (C=O) groups is 5. The lowest BCUT2D eigenvalue weighted by molar-refractivity contribution is -0.399. The smallest absolute Gasteiger partial charge is 0.331 e. The summed E-state index contributed by atoms with van der Waals surface area (Å²) in [6.45, 7) is 7.33. The topological polar surface area (TPSA) is 686 Å². The summed E-state index contributed by atoms with van der Waals surface area (Å²) in [5.41, 5.74) is -11.2. The summed E-state index contributed by atoms with van der Waals surface area (Å²) in [6, 6.07) is 2.97. The third-order valence-electron chi connectivity index (χ3n) is 30.2. The molecule has 13 rings (SSSR count). The van der Waals surface area contributed by atoms with Crippen molar-refractivity contribution in [3.8, 4) is 17.2 Å². The van der Waals surface area contributed by atoms with Gasteiger partial charge < -0.3 is 197 Å². The van der Waals surface area contributed by atoms with Crippen molar-refractivity contribution >= 4 is 35.9 Å². The zero-order chi connectivity index (χ0) is 96.7. The highest BCUT2D eigenvalue weighted by molar-refractivity contribution is 5.87. The normalized spacial score (nSPS) is 46.5. The van der Waals surface area contributed by atoms with E-state index in [9.17, 15) is 126 Å². The molecule has 0 amide bonds. The van der Waals surface area contributed by atoms with E-state index < -0.39 is 347 Å². The first-order chi connectivity index (χ1) is 62.0. The Labute approximate surface area is 758 Å². The summed E-state index contributed by atoms with van der Waals surface area (Å²) < 4.78 is 116. The number of hydrogen-bond donors (Lipinski definition) is 21. The van der Waals surface area contributed by atoms with Crippen LogP contribution in [0.3, 0.4) is 0 Å². The van der Waals surface area contributed by atoms with E-state index in [1.165, 1.54) is 60.3 Å². The van der Waals surface area contributed by atoms with E-state index in [1.807, 2.05) is 33.8 Å². The lowest BCUT2D eigenvalue weighted by atomic mass is 9.33. The molecule has 11 fully saturated rings. The Hall–Kier alpha value is -5.83. The van der Waals surface area contributed by atoms with Crippen molar-refractivity contribution in [1.82, 2.24) is 0 Å². The van der Waals surface area contributed by atoms with E-state index in [1.54, 1.807) is 0 Å². The van der Waals surface area contributed by atoms with Gasteiger partial charge in [0.15, 0.2) is 67.0 Å². The zero-order valence-electron chi connectivity index (χ0n) is 75.0. The van der Waals surface area contributed by atoms with Crippen LogP contribution in [0.1, 0.15) is 132 Å². The molecular formula is C87H130O45. The SMILES string of the molecule is COc1cc(/C=C/C(=O)O[C@@H]2[C@H](O[C@@H]3O[C@H](CO)[C@@H](O)[C@H](O)[C@H]3O)[C@@H](O[C@@H]3O[C@@H](C)[C@H](O[C@@H]4OC[C@@H](O)[C@H](O[C@@H]5OC[C@H](O)[C@H](O)[C@H]5O)[C@H]4O)[C@@H](O[C@@H]4OC[C@](O)(COC(=O)CC(C)(O)CC(=O)O)[C@H]4O)[C@H]3O)[C@H](OC(=O)[C@]34CCC(C)(C)C[C@H]3C3=CC[C@@H]5[C@@]6(C)C[C@H](O)[C@H](O[C@@H]7O[C@H](CO)[C@@H](O)[C@H](O)[C@H]7O)[C@@](C)(C(=O)O)[C@@H]6CC[C@@]5(C)[C@]3(CO)CC4)O[C@@H]2C)cc(OC)c1OC. The molecule has 748 valence electrons. The fourth-order valence-corrected chi connectivity index (χ4v) is 22.9. The average Bonchev–Trinajstić information content (AvgIpc) is 0.746. The van der Waals surface area contributed by atoms with Gasteiger partial charge in [-0.1, -0.05) is 39.3 Å². The molecule has 4 saturated carbocycles. The first-order valence-corrected chi connectivity index (χ1v) is 44.4. The quantitative estimate of drug-likeness (QED) is 0.0113. The molecule has 0 radical (unpaired) electrons. The number of rotatable bonds is 30. The van der Waals surface area contributed by atoms with Crippen LogP contribution in [0, 0.1) is 50.2 Å². The Morgan fingerprint density at radius 3 is 1.68 bits per heavy atom. The van der Waals surface area contributed by atoms with Crippen molar-refractivity contribution in [3.63, 3.8) is 0 Å². The van der Waals surface area contributed by atoms with Gasteiger partial charge in [-0.15, -0.1) is 0 Å². The Kier molecular flexibility index (Phi) is 31.5. The Balaban J connectivity index is 0.881. The Morgan fingerprint density at radius 1 is 0.538 bits per heavy atom. The molecule has 7 heterocycles. The number of hydrogen-bond acceptors (Lipinski definition) is 43. The highest BCUT2D eigenvalue weighted by Crippen LogP contribution is 2.76. The van der Waals surface area contributed by atoms with Crippen LogP contribution >= 0.6 is 0 Å². The minimum absolute atomic E-state index is 0.0345. The molecule has 1 aromatic rings. The zero-order valence-corrected chi connectivity index (χ0v) is 75.0. The van der Waals surface area contributed by atoms with Crippen LogP contribution in [0.2, 0.25) is 0 Å². The molecule has 12 aliphatic rings. The van der Waals surface area contributed by atoms with E-state index in [0.717, 1.165) is 13.0 Å². The number of aliphatic hydroxyl groups is 19. The molecule has 132 heavy (non-hydrogen) atoms. The van der Waals surface area contributed by atoms with Crippen LogP contribution in [0.4, 0.5) is 0 Å². The molecule has 0 bridgehead atoms. The molecule has 21 N–H and O–H groups in total. The van der Waals surface area contributed by atoms with Crippen molar-refractivity contribution < 1.29 is 221 Å². The molecule has 7 aliphatic heterocycles. The van der Waals surface area contributed by atoms with Crippen LogP contribution in [-0.2, 0) is 99.8 Å². The maximum atomic E-state index is 16.8. The molecule has 5 aliphatic carbocycles. The maximum absolute atomic E-state index is 16.8. The van der Waals surface area contributed by atoms with Crippen molar-refractivity contribution in [1.29, 1.82) is 0 Å². The first-order valence-electron chi connectivity index (χ1n) is 44.4. The average molecular weight is 1900 g/mol. The summed E-state index contributed by atoms with van der Waals surface area (Å²) in [4.78, 5) is 70.5. The molecular weight excluding hydrogens is 1760 g/mol. The molecule has 1 unspecified atom stereocenters. The van der Waals surface area contributed by atoms with Gasteiger partial charge in [-0.05, 0) is 143 Å². The molecule has 1 aromatic carbocycles. The summed E-state index contributed by atoms with van der Waals surface area (Å²) >= 11 is 0. The summed E-state index contributed by atoms with van der Waals surface area (Å²) in [5.74, 6) is -7.86. The number of fused-ring (bicyclic) bond motifs is 7. The standard InChI is InChI=1S/C87H130O45/c1-35-62(126-72-60(106)64(42(93)31-118-72)127-71-57(103)52(98)41(92)30-117-71)66(128-77-69(108)87(113,34-120-77)33-119-51(97)27-81(5,112)26-49(94)95)61(107)75(121-35)130-68-67(129-73-58(104)55(101)53(99)45(28-88)123-73)63(125-50(96)15-12-37-22-43(114-9)65(116-11)44(23-37)115-10)36(2)122-76(68)132-79(111)85-19-18-80(3,4)24-39(85)38-13-14-47-82(6)25-40(91)70(131-74-59(105)56(102)54(100)46(29-89)124-74)84(8,78(109)110)48(82)16-17-83(47,7)86(38,32-90)21-20-85/h12-13,15,22-23,35-36,39-42,45-48,52-64,66-77,88-93,98-108,112-113H,14,16-21,24-34H2,1-11H3,(H,94,95)(H,109,110)/b15-12+/t35-,36+,39-,40-,41-,42+,45+,46+,47+,48+,52-,53+,54+,55-,56-,57+,58+,59+,60+,61+,62-,63-,64-,66-,67-,68+,69-,70-,71-,72-,73-,74-,75-,76-,77-,81?,82+,83+,84-,85-,86-,87+/m0/s1. The van der Waals surface area contributed by atoms with Crippen molar-refractivity contribution in [2.75, 3.05) is 67.6 Å². The number of carbonyl (C=O) groups excluding carboxylic acids is 3. The fraction of sp³-hybridized carbons (Fsp3) is 0.828. The predicted octanol–water partition coefficient (Wildman–Crippen LogP) is -5.12. The lowest BCUT2D eigenvalue weighted by Gasteiger charge is -2.71. The number of aliphatic hydroxyl groups excluding tert-OH is 17. The van der Waals surface area contributed by atoms with E-state index in [2.05, 4.69) is 0 Å². The van der Waals surface area contributed by atoms with Gasteiger partial charge >= 0.3 is 29.8 Å². The Morgan fingerprint density at radius 2 is 1.08 bits per heavy atom. The molecule has 45 nitrogen and oxygen atoms in total. The highest BCUT2D eigenvalue weighted by Gasteiger charge is 2.75. The van der Waals surface area contributed by atoms with Crippen LogP contribution in [-0.4, -0.2) is 412 Å². The van der Waals surface area contributed by atoms with Crippen LogP contribution in [0.25, 0.3) is 6.08 Å². The highest BCUT2D eigenvalue weighted by atomic mass is 16.8.